The molecule has 86 valence electrons. The summed E-state index contributed by atoms with van der Waals surface area (Å²) in [6.45, 7) is 8.18. The summed E-state index contributed by atoms with van der Waals surface area (Å²) in [5.74, 6) is 1.85. The maximum Gasteiger partial charge on any atom is 0.487 e. The largest absolute Gasteiger partial charge is 0.487 e. The predicted octanol–water partition coefficient (Wildman–Crippen LogP) is 2.28. The van der Waals surface area contributed by atoms with Crippen LogP contribution in [-0.4, -0.2) is 30.0 Å². The van der Waals surface area contributed by atoms with E-state index in [4.69, 9.17) is 14.4 Å². The first kappa shape index (κ1) is 13.2. The van der Waals surface area contributed by atoms with Crippen molar-refractivity contribution in [3.05, 3.63) is 10.5 Å². The fraction of sp³-hybridized carbons (Fsp3) is 0.800. The Morgan fingerprint density at radius 1 is 1.27 bits per heavy atom. The number of rotatable bonds is 3. The summed E-state index contributed by atoms with van der Waals surface area (Å²) < 4.78 is 12.4. The second kappa shape index (κ2) is 4.57. The molecular formula is C10H18BBrO3. The van der Waals surface area contributed by atoms with Crippen molar-refractivity contribution < 1.29 is 14.4 Å². The van der Waals surface area contributed by atoms with Gasteiger partial charge in [-0.25, -0.2) is 0 Å². The minimum absolute atomic E-state index is 0.122. The molecule has 1 saturated heterocycles. The lowest BCUT2D eigenvalue weighted by atomic mass is 9.90. The topological polar surface area (TPSA) is 38.7 Å². The van der Waals surface area contributed by atoms with Gasteiger partial charge in [0.25, 0.3) is 0 Å². The van der Waals surface area contributed by atoms with Crippen LogP contribution in [0.2, 0.25) is 0 Å². The Kier molecular flexibility index (Phi) is 4.04. The molecule has 0 aromatic carbocycles. The highest BCUT2D eigenvalue weighted by Crippen LogP contribution is 2.37. The van der Waals surface area contributed by atoms with Crippen molar-refractivity contribution in [2.24, 2.45) is 0 Å². The fourth-order valence-electron chi connectivity index (χ4n) is 1.29. The van der Waals surface area contributed by atoms with Crippen LogP contribution < -0.4 is 0 Å². The number of aliphatic hydroxyl groups excluding tert-OH is 1. The van der Waals surface area contributed by atoms with E-state index in [1.165, 1.54) is 0 Å². The van der Waals surface area contributed by atoms with Crippen molar-refractivity contribution in [3.8, 4) is 0 Å². The second-order valence-electron chi connectivity index (χ2n) is 4.71. The van der Waals surface area contributed by atoms with Crippen LogP contribution in [0.4, 0.5) is 0 Å². The maximum absolute atomic E-state index is 8.76. The number of halogens is 1. The molecule has 0 aromatic heterocycles. The molecule has 0 aromatic rings. The van der Waals surface area contributed by atoms with E-state index in [9.17, 15) is 0 Å². The van der Waals surface area contributed by atoms with E-state index < -0.39 is 0 Å². The molecule has 1 fully saturated rings. The summed E-state index contributed by atoms with van der Waals surface area (Å²) >= 11 is 3.36. The van der Waals surface area contributed by atoms with E-state index in [0.717, 1.165) is 4.48 Å². The molecule has 15 heavy (non-hydrogen) atoms. The normalized spacial score (nSPS) is 24.7. The van der Waals surface area contributed by atoms with E-state index in [0.29, 0.717) is 6.42 Å². The Hall–Kier alpha value is 0.165. The van der Waals surface area contributed by atoms with Gasteiger partial charge >= 0.3 is 7.12 Å². The summed E-state index contributed by atoms with van der Waals surface area (Å²) in [4.78, 5) is 0. The molecule has 1 heterocycles. The molecule has 1 aliphatic heterocycles. The van der Waals surface area contributed by atoms with Crippen molar-refractivity contribution in [1.82, 2.24) is 0 Å². The van der Waals surface area contributed by atoms with Crippen molar-refractivity contribution >= 4 is 23.0 Å². The molecule has 0 radical (unpaired) electrons. The van der Waals surface area contributed by atoms with E-state index >= 15 is 0 Å². The molecule has 0 atom stereocenters. The lowest BCUT2D eigenvalue weighted by molar-refractivity contribution is 0.00578. The van der Waals surface area contributed by atoms with Gasteiger partial charge in [-0.05, 0) is 38.2 Å². The first-order valence-electron chi connectivity index (χ1n) is 5.11. The zero-order valence-electron chi connectivity index (χ0n) is 9.71. The molecule has 1 aliphatic rings. The number of aliphatic hydroxyl groups is 1. The summed E-state index contributed by atoms with van der Waals surface area (Å²) in [7, 11) is -0.337. The van der Waals surface area contributed by atoms with E-state index in [1.807, 2.05) is 33.7 Å². The average molecular weight is 277 g/mol. The van der Waals surface area contributed by atoms with Crippen LogP contribution in [0, 0.1) is 0 Å². The van der Waals surface area contributed by atoms with E-state index in [-0.39, 0.29) is 24.9 Å². The molecule has 0 aliphatic carbocycles. The summed E-state index contributed by atoms with van der Waals surface area (Å²) in [6, 6.07) is 0. The quantitative estimate of drug-likeness (QED) is 0.804. The van der Waals surface area contributed by atoms with Gasteiger partial charge in [-0.3, -0.25) is 0 Å². The van der Waals surface area contributed by atoms with Crippen LogP contribution in [0.5, 0.6) is 0 Å². The van der Waals surface area contributed by atoms with Gasteiger partial charge < -0.3 is 14.4 Å². The Morgan fingerprint density at radius 2 is 1.73 bits per heavy atom. The smallest absolute Gasteiger partial charge is 0.400 e. The molecule has 0 saturated carbocycles. The third-order valence-electron chi connectivity index (χ3n) is 2.94. The monoisotopic (exact) mass is 276 g/mol. The zero-order valence-corrected chi connectivity index (χ0v) is 11.3. The number of hydrogen-bond acceptors (Lipinski definition) is 3. The van der Waals surface area contributed by atoms with Crippen molar-refractivity contribution in [2.45, 2.75) is 45.3 Å². The second-order valence-corrected chi connectivity index (χ2v) is 5.73. The summed E-state index contributed by atoms with van der Waals surface area (Å²) in [6.07, 6.45) is 0.587. The first-order valence-corrected chi connectivity index (χ1v) is 5.90. The van der Waals surface area contributed by atoms with Crippen molar-refractivity contribution in [2.75, 3.05) is 6.61 Å². The highest BCUT2D eigenvalue weighted by molar-refractivity contribution is 9.11. The van der Waals surface area contributed by atoms with Gasteiger partial charge in [0.2, 0.25) is 0 Å². The Balaban J connectivity index is 2.67. The summed E-state index contributed by atoms with van der Waals surface area (Å²) in [5, 5.41) is 8.76. The van der Waals surface area contributed by atoms with E-state index in [1.54, 1.807) is 0 Å². The van der Waals surface area contributed by atoms with Crippen molar-refractivity contribution in [1.29, 1.82) is 0 Å². The zero-order chi connectivity index (χ0) is 11.7. The highest BCUT2D eigenvalue weighted by Gasteiger charge is 2.50. The van der Waals surface area contributed by atoms with Crippen LogP contribution in [-0.2, 0) is 9.31 Å². The highest BCUT2D eigenvalue weighted by atomic mass is 79.9. The lowest BCUT2D eigenvalue weighted by Crippen LogP contribution is -2.41. The number of hydrogen-bond donors (Lipinski definition) is 1. The molecule has 1 N–H and O–H groups in total. The third kappa shape index (κ3) is 3.06. The molecule has 0 bridgehead atoms. The van der Waals surface area contributed by atoms with Gasteiger partial charge in [-0.1, -0.05) is 15.9 Å². The molecule has 3 nitrogen and oxygen atoms in total. The van der Waals surface area contributed by atoms with Crippen LogP contribution in [0.15, 0.2) is 10.5 Å². The van der Waals surface area contributed by atoms with Crippen LogP contribution in [0.1, 0.15) is 34.1 Å². The SMILES string of the molecule is CC1(C)OB(/C=C(\Br)CCO)OC1(C)C. The molecule has 0 unspecified atom stereocenters. The molecule has 0 spiro atoms. The fourth-order valence-corrected chi connectivity index (χ4v) is 1.69. The molecular weight excluding hydrogens is 259 g/mol. The Morgan fingerprint density at radius 3 is 2.13 bits per heavy atom. The van der Waals surface area contributed by atoms with Crippen molar-refractivity contribution in [3.63, 3.8) is 0 Å². The summed E-state index contributed by atoms with van der Waals surface area (Å²) in [5.41, 5.74) is -0.610. The lowest BCUT2D eigenvalue weighted by Gasteiger charge is -2.32. The van der Waals surface area contributed by atoms with Gasteiger partial charge in [0.15, 0.2) is 0 Å². The third-order valence-corrected chi connectivity index (χ3v) is 3.60. The maximum atomic E-state index is 8.76. The molecule has 5 heteroatoms. The minimum Gasteiger partial charge on any atom is -0.400 e. The van der Waals surface area contributed by atoms with Crippen LogP contribution in [0.25, 0.3) is 0 Å². The standard InChI is InChI=1S/C10H18BBrO3/c1-9(2)10(3,4)15-11(14-9)7-8(12)5-6-13/h7,13H,5-6H2,1-4H3/b8-7-. The molecule has 0 amide bonds. The van der Waals surface area contributed by atoms with Gasteiger partial charge in [0.05, 0.1) is 11.2 Å². The predicted molar refractivity (Wildman–Crippen MR) is 64.8 cm³/mol. The van der Waals surface area contributed by atoms with Crippen LogP contribution in [0.3, 0.4) is 0 Å². The van der Waals surface area contributed by atoms with Gasteiger partial charge in [0, 0.05) is 13.0 Å². The minimum atomic E-state index is -0.337. The first-order chi connectivity index (χ1) is 6.78. The van der Waals surface area contributed by atoms with Gasteiger partial charge in [-0.15, -0.1) is 0 Å². The Bertz CT molecular complexity index is 247. The molecule has 1 rings (SSSR count). The van der Waals surface area contributed by atoms with Gasteiger partial charge in [-0.2, -0.15) is 0 Å². The van der Waals surface area contributed by atoms with Crippen LogP contribution >= 0.6 is 15.9 Å². The Labute approximate surface area is 100 Å². The average Bonchev–Trinajstić information content (AvgIpc) is 2.19. The van der Waals surface area contributed by atoms with E-state index in [2.05, 4.69) is 15.9 Å². The van der Waals surface area contributed by atoms with Gasteiger partial charge in [0.1, 0.15) is 0 Å².